The third-order valence-corrected chi connectivity index (χ3v) is 6.61. The van der Waals surface area contributed by atoms with Crippen LogP contribution in [0.2, 0.25) is 0 Å². The normalized spacial score (nSPS) is 16.1. The lowest BCUT2D eigenvalue weighted by Gasteiger charge is -2.30. The number of aromatic nitrogens is 1. The molecule has 1 aromatic carbocycles. The number of ether oxygens (including phenoxy) is 1. The summed E-state index contributed by atoms with van der Waals surface area (Å²) in [6.07, 6.45) is -3.47. The van der Waals surface area contributed by atoms with Gasteiger partial charge in [0.1, 0.15) is 6.26 Å². The molecule has 168 valence electrons. The zero-order valence-corrected chi connectivity index (χ0v) is 16.8. The quantitative estimate of drug-likeness (QED) is 0.656. The van der Waals surface area contributed by atoms with E-state index in [4.69, 9.17) is 4.74 Å². The van der Waals surface area contributed by atoms with E-state index < -0.39 is 51.1 Å². The molecule has 0 radical (unpaired) electrons. The van der Waals surface area contributed by atoms with Crippen LogP contribution in [0.4, 0.5) is 19.0 Å². The summed E-state index contributed by atoms with van der Waals surface area (Å²) >= 11 is 0. The number of hydrogen-bond donors (Lipinski definition) is 1. The first-order valence-electron chi connectivity index (χ1n) is 9.12. The van der Waals surface area contributed by atoms with E-state index in [0.717, 1.165) is 16.4 Å². The smallest absolute Gasteiger partial charge is 0.417 e. The van der Waals surface area contributed by atoms with Crippen molar-refractivity contribution in [1.29, 1.82) is 0 Å². The van der Waals surface area contributed by atoms with Crippen LogP contribution in [0.15, 0.2) is 46.0 Å². The molecule has 1 amide bonds. The number of hydrogen-bond acceptors (Lipinski definition) is 7. The van der Waals surface area contributed by atoms with Gasteiger partial charge in [-0.1, -0.05) is 17.3 Å². The van der Waals surface area contributed by atoms with Crippen LogP contribution in [0.5, 0.6) is 0 Å². The van der Waals surface area contributed by atoms with Gasteiger partial charge in [-0.2, -0.15) is 17.5 Å². The molecule has 0 aliphatic carbocycles. The molecule has 31 heavy (non-hydrogen) atoms. The molecule has 1 aromatic heterocycles. The lowest BCUT2D eigenvalue weighted by molar-refractivity contribution is -0.152. The number of amides is 1. The molecule has 2 aromatic rings. The van der Waals surface area contributed by atoms with E-state index in [-0.39, 0.29) is 31.7 Å². The Kier molecular flexibility index (Phi) is 6.65. The monoisotopic (exact) mass is 461 g/mol. The van der Waals surface area contributed by atoms with Crippen LogP contribution in [0.25, 0.3) is 0 Å². The van der Waals surface area contributed by atoms with Crippen molar-refractivity contribution >= 4 is 27.7 Å². The zero-order valence-electron chi connectivity index (χ0n) is 16.0. The molecule has 1 N–H and O–H groups in total. The minimum absolute atomic E-state index is 0.0527. The van der Waals surface area contributed by atoms with Gasteiger partial charge in [0.05, 0.1) is 16.4 Å². The second kappa shape index (κ2) is 9.06. The Morgan fingerprint density at radius 1 is 1.19 bits per heavy atom. The fourth-order valence-electron chi connectivity index (χ4n) is 3.11. The van der Waals surface area contributed by atoms with E-state index in [1.165, 1.54) is 18.4 Å². The number of rotatable bonds is 6. The van der Waals surface area contributed by atoms with Crippen molar-refractivity contribution in [1.82, 2.24) is 9.46 Å². The van der Waals surface area contributed by atoms with Crippen LogP contribution in [0.1, 0.15) is 18.4 Å². The van der Waals surface area contributed by atoms with Crippen LogP contribution in [0.3, 0.4) is 0 Å². The number of carbonyl (C=O) groups is 2. The number of sulfonamides is 1. The summed E-state index contributed by atoms with van der Waals surface area (Å²) in [5, 5.41) is 5.81. The molecular weight excluding hydrogens is 443 g/mol. The van der Waals surface area contributed by atoms with Crippen molar-refractivity contribution in [3.8, 4) is 0 Å². The minimum Gasteiger partial charge on any atom is -0.455 e. The SMILES string of the molecule is O=C(COC(=O)C1CCN(S(=O)(=O)c2ccccc2C(F)(F)F)CC1)Nc1ccon1. The van der Waals surface area contributed by atoms with Crippen LogP contribution in [-0.2, 0) is 30.5 Å². The molecule has 0 unspecified atom stereocenters. The van der Waals surface area contributed by atoms with Gasteiger partial charge in [-0.05, 0) is 25.0 Å². The van der Waals surface area contributed by atoms with E-state index in [2.05, 4.69) is 15.0 Å². The van der Waals surface area contributed by atoms with E-state index in [9.17, 15) is 31.2 Å². The number of nitrogens with one attached hydrogen (secondary N) is 1. The molecule has 1 aliphatic heterocycles. The van der Waals surface area contributed by atoms with Gasteiger partial charge in [-0.3, -0.25) is 9.59 Å². The molecule has 3 rings (SSSR count). The van der Waals surface area contributed by atoms with Crippen molar-refractivity contribution in [2.75, 3.05) is 25.0 Å². The Labute approximate surface area is 175 Å². The second-order valence-electron chi connectivity index (χ2n) is 6.71. The van der Waals surface area contributed by atoms with Gasteiger partial charge in [-0.25, -0.2) is 8.42 Å². The fourth-order valence-corrected chi connectivity index (χ4v) is 4.79. The maximum atomic E-state index is 13.2. The number of benzene rings is 1. The molecular formula is C18H18F3N3O6S. The number of anilines is 1. The standard InChI is InChI=1S/C18H18F3N3O6S/c19-18(20,21)13-3-1-2-4-14(13)31(27,28)24-8-5-12(6-9-24)17(26)29-11-16(25)22-15-7-10-30-23-15/h1-4,7,10,12H,5-6,8-9,11H2,(H,22,23,25). The van der Waals surface area contributed by atoms with E-state index in [1.54, 1.807) is 0 Å². The highest BCUT2D eigenvalue weighted by Gasteiger charge is 2.40. The van der Waals surface area contributed by atoms with Crippen LogP contribution < -0.4 is 5.32 Å². The first-order valence-corrected chi connectivity index (χ1v) is 10.6. The first kappa shape index (κ1) is 22.7. The van der Waals surface area contributed by atoms with Gasteiger partial charge in [0.15, 0.2) is 12.4 Å². The average molecular weight is 461 g/mol. The van der Waals surface area contributed by atoms with Gasteiger partial charge < -0.3 is 14.6 Å². The number of esters is 1. The van der Waals surface area contributed by atoms with Gasteiger partial charge in [-0.15, -0.1) is 0 Å². The Hall–Kier alpha value is -2.93. The van der Waals surface area contributed by atoms with Crippen molar-refractivity contribution in [3.05, 3.63) is 42.2 Å². The molecule has 1 saturated heterocycles. The minimum atomic E-state index is -4.82. The van der Waals surface area contributed by atoms with Gasteiger partial charge >= 0.3 is 12.1 Å². The van der Waals surface area contributed by atoms with Crippen molar-refractivity contribution in [2.24, 2.45) is 5.92 Å². The molecule has 2 heterocycles. The summed E-state index contributed by atoms with van der Waals surface area (Å²) in [7, 11) is -4.40. The summed E-state index contributed by atoms with van der Waals surface area (Å²) in [6.45, 7) is -0.873. The molecule has 1 fully saturated rings. The van der Waals surface area contributed by atoms with Gasteiger partial charge in [0.2, 0.25) is 10.0 Å². The number of piperidine rings is 1. The number of nitrogens with zero attached hydrogens (tertiary/aromatic N) is 2. The summed E-state index contributed by atoms with van der Waals surface area (Å²) in [4.78, 5) is 23.0. The number of carbonyl (C=O) groups excluding carboxylic acids is 2. The summed E-state index contributed by atoms with van der Waals surface area (Å²) in [6, 6.07) is 5.35. The van der Waals surface area contributed by atoms with Crippen molar-refractivity contribution in [2.45, 2.75) is 23.9 Å². The Morgan fingerprint density at radius 2 is 1.87 bits per heavy atom. The fraction of sp³-hybridized carbons (Fsp3) is 0.389. The van der Waals surface area contributed by atoms with E-state index in [1.807, 2.05) is 0 Å². The van der Waals surface area contributed by atoms with Crippen LogP contribution in [0, 0.1) is 5.92 Å². The highest BCUT2D eigenvalue weighted by atomic mass is 32.2. The Morgan fingerprint density at radius 3 is 2.48 bits per heavy atom. The summed E-state index contributed by atoms with van der Waals surface area (Å²) in [5.74, 6) is -1.85. The lowest BCUT2D eigenvalue weighted by atomic mass is 9.98. The predicted molar refractivity (Wildman–Crippen MR) is 99.0 cm³/mol. The molecule has 13 heteroatoms. The summed E-state index contributed by atoms with van der Waals surface area (Å²) in [5.41, 5.74) is -1.24. The third-order valence-electron chi connectivity index (χ3n) is 4.65. The molecule has 0 spiro atoms. The lowest BCUT2D eigenvalue weighted by Crippen LogP contribution is -2.41. The largest absolute Gasteiger partial charge is 0.455 e. The van der Waals surface area contributed by atoms with Gasteiger partial charge in [0.25, 0.3) is 5.91 Å². The number of alkyl halides is 3. The Bertz CT molecular complexity index is 1030. The van der Waals surface area contributed by atoms with Crippen molar-refractivity contribution in [3.63, 3.8) is 0 Å². The van der Waals surface area contributed by atoms with Gasteiger partial charge in [0, 0.05) is 19.2 Å². The molecule has 9 nitrogen and oxygen atoms in total. The van der Waals surface area contributed by atoms with Crippen LogP contribution in [-0.4, -0.2) is 49.5 Å². The topological polar surface area (TPSA) is 119 Å². The second-order valence-corrected chi connectivity index (χ2v) is 8.62. The maximum absolute atomic E-state index is 13.2. The van der Waals surface area contributed by atoms with Crippen LogP contribution >= 0.6 is 0 Å². The van der Waals surface area contributed by atoms with Crippen molar-refractivity contribution < 1.29 is 40.4 Å². The molecule has 0 saturated carbocycles. The molecule has 0 atom stereocenters. The highest BCUT2D eigenvalue weighted by Crippen LogP contribution is 2.36. The number of halogens is 3. The maximum Gasteiger partial charge on any atom is 0.417 e. The Balaban J connectivity index is 1.56. The average Bonchev–Trinajstić information content (AvgIpc) is 3.24. The molecule has 0 bridgehead atoms. The van der Waals surface area contributed by atoms with E-state index in [0.29, 0.717) is 6.07 Å². The first-order chi connectivity index (χ1) is 14.6. The third kappa shape index (κ3) is 5.41. The predicted octanol–water partition coefficient (Wildman–Crippen LogP) is 2.28. The summed E-state index contributed by atoms with van der Waals surface area (Å²) < 4.78 is 75.5. The highest BCUT2D eigenvalue weighted by molar-refractivity contribution is 7.89. The van der Waals surface area contributed by atoms with E-state index >= 15 is 0 Å². The zero-order chi connectivity index (χ0) is 22.6. The molecule has 1 aliphatic rings.